The highest BCUT2D eigenvalue weighted by Gasteiger charge is 2.35. The Balaban J connectivity index is 2.12. The molecular formula is C15H19BrN4O2. The first-order chi connectivity index (χ1) is 10.4. The lowest BCUT2D eigenvalue weighted by Gasteiger charge is -2.39. The highest BCUT2D eigenvalue weighted by Crippen LogP contribution is 2.43. The van der Waals surface area contributed by atoms with Gasteiger partial charge in [0.2, 0.25) is 0 Å². The van der Waals surface area contributed by atoms with E-state index in [2.05, 4.69) is 31.6 Å². The quantitative estimate of drug-likeness (QED) is 0.704. The zero-order chi connectivity index (χ0) is 15.9. The summed E-state index contributed by atoms with van der Waals surface area (Å²) in [6, 6.07) is 1.92. The maximum atomic E-state index is 6.58. The molecule has 2 heterocycles. The van der Waals surface area contributed by atoms with Crippen molar-refractivity contribution in [3.8, 4) is 11.5 Å². The average molecular weight is 367 g/mol. The van der Waals surface area contributed by atoms with E-state index in [1.807, 2.05) is 26.0 Å². The van der Waals surface area contributed by atoms with Gasteiger partial charge in [0.1, 0.15) is 19.0 Å². The van der Waals surface area contributed by atoms with Crippen LogP contribution in [-0.4, -0.2) is 26.1 Å². The molecule has 1 unspecified atom stereocenters. The summed E-state index contributed by atoms with van der Waals surface area (Å²) in [4.78, 5) is 4.20. The molecule has 0 amide bonds. The second-order valence-electron chi connectivity index (χ2n) is 5.38. The minimum atomic E-state index is -0.962. The van der Waals surface area contributed by atoms with E-state index >= 15 is 0 Å². The first-order valence-electron chi connectivity index (χ1n) is 7.04. The normalized spacial score (nSPS) is 25.3. The number of aliphatic imine (C=N–C) groups is 1. The van der Waals surface area contributed by atoms with Gasteiger partial charge in [-0.1, -0.05) is 0 Å². The van der Waals surface area contributed by atoms with Crippen molar-refractivity contribution in [2.24, 2.45) is 10.7 Å². The number of ether oxygens (including phenoxy) is 2. The van der Waals surface area contributed by atoms with Crippen molar-refractivity contribution in [2.75, 3.05) is 20.3 Å². The first-order valence-corrected chi connectivity index (χ1v) is 7.83. The van der Waals surface area contributed by atoms with Gasteiger partial charge in [-0.15, -0.1) is 0 Å². The number of amidine groups is 1. The zero-order valence-corrected chi connectivity index (χ0v) is 14.4. The zero-order valence-electron chi connectivity index (χ0n) is 12.8. The lowest BCUT2D eigenvalue weighted by Crippen LogP contribution is -2.64. The van der Waals surface area contributed by atoms with Gasteiger partial charge in [0.15, 0.2) is 17.3 Å². The summed E-state index contributed by atoms with van der Waals surface area (Å²) < 4.78 is 12.2. The number of hydrogen-bond acceptors (Lipinski definition) is 5. The van der Waals surface area contributed by atoms with Gasteiger partial charge in [-0.25, -0.2) is 0 Å². The number of rotatable bonds is 1. The molecule has 2 aliphatic rings. The highest BCUT2D eigenvalue weighted by molar-refractivity contribution is 9.10. The summed E-state index contributed by atoms with van der Waals surface area (Å²) in [5.41, 5.74) is 9.37. The van der Waals surface area contributed by atoms with Crippen molar-refractivity contribution in [3.05, 3.63) is 33.4 Å². The van der Waals surface area contributed by atoms with Crippen LogP contribution in [0.2, 0.25) is 0 Å². The van der Waals surface area contributed by atoms with Gasteiger partial charge in [0.05, 0.1) is 4.47 Å². The standard InChI is InChI=1S/C15H19BrN4O2/c1-8-6-12(18-3)20-15(17,19-8)10-7-11-14(13(16)9(10)2)22-5-4-21-11/h6-7,19H,4-5,17H2,1-3H3,(H,18,20). The van der Waals surface area contributed by atoms with Crippen LogP contribution in [0.15, 0.2) is 27.3 Å². The fourth-order valence-electron chi connectivity index (χ4n) is 2.72. The molecule has 4 N–H and O–H groups in total. The maximum Gasteiger partial charge on any atom is 0.190 e. The molecule has 1 aromatic rings. The molecule has 3 rings (SSSR count). The van der Waals surface area contributed by atoms with Crippen molar-refractivity contribution in [3.63, 3.8) is 0 Å². The Kier molecular flexibility index (Phi) is 3.78. The van der Waals surface area contributed by atoms with Gasteiger partial charge in [-0.2, -0.15) is 0 Å². The molecule has 2 aliphatic heterocycles. The van der Waals surface area contributed by atoms with Crippen LogP contribution < -0.4 is 25.8 Å². The van der Waals surface area contributed by atoms with E-state index in [4.69, 9.17) is 15.2 Å². The molecule has 1 atom stereocenters. The fraction of sp³-hybridized carbons (Fsp3) is 0.400. The summed E-state index contributed by atoms with van der Waals surface area (Å²) in [7, 11) is 1.73. The molecule has 0 aromatic heterocycles. The summed E-state index contributed by atoms with van der Waals surface area (Å²) in [5, 5.41) is 6.50. The monoisotopic (exact) mass is 366 g/mol. The van der Waals surface area contributed by atoms with E-state index in [1.165, 1.54) is 0 Å². The van der Waals surface area contributed by atoms with Gasteiger partial charge in [-0.3, -0.25) is 10.7 Å². The first kappa shape index (κ1) is 15.2. The van der Waals surface area contributed by atoms with Crippen LogP contribution in [0, 0.1) is 6.92 Å². The van der Waals surface area contributed by atoms with Gasteiger partial charge in [0, 0.05) is 18.3 Å². The summed E-state index contributed by atoms with van der Waals surface area (Å²) >= 11 is 3.59. The molecule has 0 saturated carbocycles. The number of halogens is 1. The number of benzene rings is 1. The predicted octanol–water partition coefficient (Wildman–Crippen LogP) is 1.72. The second kappa shape index (κ2) is 5.48. The van der Waals surface area contributed by atoms with Crippen molar-refractivity contribution >= 4 is 21.8 Å². The Labute approximate surface area is 137 Å². The summed E-state index contributed by atoms with van der Waals surface area (Å²) in [5.74, 6) is 1.18. The van der Waals surface area contributed by atoms with E-state index in [1.54, 1.807) is 7.05 Å². The third-order valence-corrected chi connectivity index (χ3v) is 4.71. The van der Waals surface area contributed by atoms with E-state index in [0.29, 0.717) is 19.0 Å². The van der Waals surface area contributed by atoms with Crippen molar-refractivity contribution < 1.29 is 9.47 Å². The Morgan fingerprint density at radius 2 is 2.00 bits per heavy atom. The SMILES string of the molecule is CN=C1C=C(C)NC(N)(c2cc3c(c(Br)c2C)OCCO3)N1. The summed E-state index contributed by atoms with van der Waals surface area (Å²) in [6.07, 6.45) is 1.91. The number of nitrogens with two attached hydrogens (primary N) is 1. The minimum absolute atomic E-state index is 0.529. The number of nitrogens with zero attached hydrogens (tertiary/aromatic N) is 1. The average Bonchev–Trinajstić information content (AvgIpc) is 2.50. The van der Waals surface area contributed by atoms with Crippen LogP contribution in [0.5, 0.6) is 11.5 Å². The molecule has 7 heteroatoms. The molecule has 0 fully saturated rings. The maximum absolute atomic E-state index is 6.58. The third-order valence-electron chi connectivity index (χ3n) is 3.76. The molecule has 0 saturated heterocycles. The minimum Gasteiger partial charge on any atom is -0.486 e. The van der Waals surface area contributed by atoms with E-state index < -0.39 is 5.79 Å². The van der Waals surface area contributed by atoms with Crippen LogP contribution in [-0.2, 0) is 5.79 Å². The van der Waals surface area contributed by atoms with E-state index in [-0.39, 0.29) is 0 Å². The Bertz CT molecular complexity index is 687. The van der Waals surface area contributed by atoms with Crippen molar-refractivity contribution in [1.29, 1.82) is 0 Å². The van der Waals surface area contributed by atoms with Crippen LogP contribution in [0.25, 0.3) is 0 Å². The number of nitrogens with one attached hydrogen (secondary N) is 2. The van der Waals surface area contributed by atoms with Crippen molar-refractivity contribution in [2.45, 2.75) is 19.6 Å². The fourth-order valence-corrected chi connectivity index (χ4v) is 3.25. The molecule has 0 aliphatic carbocycles. The third kappa shape index (κ3) is 2.44. The lowest BCUT2D eigenvalue weighted by atomic mass is 9.99. The van der Waals surface area contributed by atoms with E-state index in [0.717, 1.165) is 32.9 Å². The summed E-state index contributed by atoms with van der Waals surface area (Å²) in [6.45, 7) is 5.02. The van der Waals surface area contributed by atoms with Crippen LogP contribution in [0.1, 0.15) is 18.1 Å². The number of fused-ring (bicyclic) bond motifs is 1. The van der Waals surface area contributed by atoms with Crippen LogP contribution >= 0.6 is 15.9 Å². The van der Waals surface area contributed by atoms with Gasteiger partial charge < -0.3 is 20.1 Å². The molecular weight excluding hydrogens is 348 g/mol. The van der Waals surface area contributed by atoms with Crippen LogP contribution in [0.4, 0.5) is 0 Å². The molecule has 1 aromatic carbocycles. The number of hydrogen-bond donors (Lipinski definition) is 3. The van der Waals surface area contributed by atoms with Gasteiger partial charge in [0.25, 0.3) is 0 Å². The van der Waals surface area contributed by atoms with Crippen LogP contribution in [0.3, 0.4) is 0 Å². The molecule has 6 nitrogen and oxygen atoms in total. The van der Waals surface area contributed by atoms with Gasteiger partial charge in [-0.05, 0) is 47.5 Å². The molecule has 0 radical (unpaired) electrons. The van der Waals surface area contributed by atoms with E-state index in [9.17, 15) is 0 Å². The van der Waals surface area contributed by atoms with Crippen molar-refractivity contribution in [1.82, 2.24) is 10.6 Å². The predicted molar refractivity (Wildman–Crippen MR) is 89.1 cm³/mol. The smallest absolute Gasteiger partial charge is 0.190 e. The van der Waals surface area contributed by atoms with Gasteiger partial charge >= 0.3 is 0 Å². The Hall–Kier alpha value is -1.73. The molecule has 118 valence electrons. The molecule has 0 bridgehead atoms. The highest BCUT2D eigenvalue weighted by atomic mass is 79.9. The molecule has 22 heavy (non-hydrogen) atoms. The largest absolute Gasteiger partial charge is 0.486 e. The Morgan fingerprint density at radius 3 is 2.73 bits per heavy atom. The molecule has 0 spiro atoms. The second-order valence-corrected chi connectivity index (χ2v) is 6.17. The Morgan fingerprint density at radius 1 is 1.27 bits per heavy atom. The lowest BCUT2D eigenvalue weighted by molar-refractivity contribution is 0.169. The number of allylic oxidation sites excluding steroid dienone is 1. The topological polar surface area (TPSA) is 80.9 Å².